The van der Waals surface area contributed by atoms with E-state index in [-0.39, 0.29) is 30.2 Å². The fourth-order valence-electron chi connectivity index (χ4n) is 4.28. The summed E-state index contributed by atoms with van der Waals surface area (Å²) in [6.45, 7) is 1.41. The quantitative estimate of drug-likeness (QED) is 0.460. The van der Waals surface area contributed by atoms with Crippen LogP contribution in [0, 0.1) is 0 Å². The second kappa shape index (κ2) is 12.1. The van der Waals surface area contributed by atoms with Crippen LogP contribution in [0.5, 0.6) is 5.75 Å². The molecular weight excluding hydrogens is 456 g/mol. The summed E-state index contributed by atoms with van der Waals surface area (Å²) < 4.78 is 11.4. The van der Waals surface area contributed by atoms with Gasteiger partial charge in [-0.2, -0.15) is 0 Å². The Hall–Kier alpha value is -3.97. The van der Waals surface area contributed by atoms with E-state index in [2.05, 4.69) is 5.32 Å². The highest BCUT2D eigenvalue weighted by molar-refractivity contribution is 6.03. The number of rotatable bonds is 9. The van der Waals surface area contributed by atoms with E-state index in [4.69, 9.17) is 9.47 Å². The summed E-state index contributed by atoms with van der Waals surface area (Å²) in [6.07, 6.45) is 1.18. The number of carbonyl (C=O) groups excluding carboxylic acids is 3. The lowest BCUT2D eigenvalue weighted by Crippen LogP contribution is -2.42. The van der Waals surface area contributed by atoms with Crippen molar-refractivity contribution in [2.24, 2.45) is 0 Å². The van der Waals surface area contributed by atoms with Gasteiger partial charge in [0.25, 0.3) is 11.8 Å². The molecule has 36 heavy (non-hydrogen) atoms. The molecule has 186 valence electrons. The number of nitrogens with one attached hydrogen (secondary N) is 1. The number of likely N-dealkylation sites (tertiary alicyclic amines) is 1. The molecule has 7 nitrogen and oxygen atoms in total. The van der Waals surface area contributed by atoms with Crippen LogP contribution < -0.4 is 10.1 Å². The van der Waals surface area contributed by atoms with Gasteiger partial charge in [-0.3, -0.25) is 14.4 Å². The molecule has 3 aromatic carbocycles. The Morgan fingerprint density at radius 3 is 2.22 bits per heavy atom. The Bertz CT molecular complexity index is 1200. The monoisotopic (exact) mass is 486 g/mol. The van der Waals surface area contributed by atoms with Gasteiger partial charge in [-0.05, 0) is 23.8 Å². The Balaban J connectivity index is 1.34. The smallest absolute Gasteiger partial charge is 0.255 e. The molecule has 1 heterocycles. The molecule has 2 amide bonds. The molecule has 1 N–H and O–H groups in total. The molecule has 0 aliphatic carbocycles. The van der Waals surface area contributed by atoms with E-state index >= 15 is 0 Å². The number of piperidine rings is 1. The van der Waals surface area contributed by atoms with Gasteiger partial charge < -0.3 is 19.7 Å². The number of hydrogen-bond donors (Lipinski definition) is 1. The maximum absolute atomic E-state index is 13.1. The van der Waals surface area contributed by atoms with Crippen LogP contribution in [0.1, 0.15) is 49.5 Å². The lowest BCUT2D eigenvalue weighted by Gasteiger charge is -2.33. The van der Waals surface area contributed by atoms with Gasteiger partial charge in [0.15, 0.2) is 5.78 Å². The van der Waals surface area contributed by atoms with E-state index in [9.17, 15) is 14.4 Å². The Kier molecular flexibility index (Phi) is 8.47. The first-order chi connectivity index (χ1) is 17.6. The second-order valence-electron chi connectivity index (χ2n) is 8.67. The molecule has 0 aromatic heterocycles. The molecular formula is C29H30N2O5. The Morgan fingerprint density at radius 2 is 1.50 bits per heavy atom. The number of para-hydroxylation sites is 1. The largest absolute Gasteiger partial charge is 0.489 e. The van der Waals surface area contributed by atoms with Gasteiger partial charge in [0.05, 0.1) is 18.7 Å². The number of benzene rings is 3. The van der Waals surface area contributed by atoms with Gasteiger partial charge in [0.1, 0.15) is 11.9 Å². The number of amides is 2. The van der Waals surface area contributed by atoms with Crippen molar-refractivity contribution in [2.45, 2.75) is 25.6 Å². The minimum atomic E-state index is -0.364. The second-order valence-corrected chi connectivity index (χ2v) is 8.67. The van der Waals surface area contributed by atoms with Crippen molar-refractivity contribution < 1.29 is 23.9 Å². The predicted molar refractivity (Wildman–Crippen MR) is 136 cm³/mol. The maximum atomic E-state index is 13.1. The van der Waals surface area contributed by atoms with Crippen LogP contribution in [-0.2, 0) is 11.3 Å². The van der Waals surface area contributed by atoms with E-state index in [0.717, 1.165) is 5.56 Å². The summed E-state index contributed by atoms with van der Waals surface area (Å²) in [4.78, 5) is 40.1. The van der Waals surface area contributed by atoms with Crippen molar-refractivity contribution in [3.05, 3.63) is 101 Å². The fraction of sp³-hybridized carbons (Fsp3) is 0.276. The average molecular weight is 487 g/mol. The van der Waals surface area contributed by atoms with Gasteiger partial charge >= 0.3 is 0 Å². The van der Waals surface area contributed by atoms with Crippen LogP contribution in [0.3, 0.4) is 0 Å². The van der Waals surface area contributed by atoms with Crippen molar-refractivity contribution in [3.63, 3.8) is 0 Å². The summed E-state index contributed by atoms with van der Waals surface area (Å²) >= 11 is 0. The van der Waals surface area contributed by atoms with Crippen molar-refractivity contribution in [1.29, 1.82) is 0 Å². The number of carbonyl (C=O) groups is 3. The molecule has 1 aliphatic heterocycles. The molecule has 0 unspecified atom stereocenters. The molecule has 7 heteroatoms. The van der Waals surface area contributed by atoms with E-state index < -0.39 is 0 Å². The predicted octanol–water partition coefficient (Wildman–Crippen LogP) is 4.13. The molecule has 0 spiro atoms. The average Bonchev–Trinajstić information content (AvgIpc) is 2.93. The number of nitrogens with zero attached hydrogens (tertiary/aromatic N) is 1. The van der Waals surface area contributed by atoms with Gasteiger partial charge in [0.2, 0.25) is 0 Å². The highest BCUT2D eigenvalue weighted by Crippen LogP contribution is 2.24. The van der Waals surface area contributed by atoms with Crippen LogP contribution in [0.25, 0.3) is 0 Å². The van der Waals surface area contributed by atoms with Crippen molar-refractivity contribution in [3.8, 4) is 5.75 Å². The van der Waals surface area contributed by atoms with Crippen LogP contribution in [0.4, 0.5) is 0 Å². The zero-order valence-electron chi connectivity index (χ0n) is 20.3. The van der Waals surface area contributed by atoms with E-state index in [1.165, 1.54) is 0 Å². The molecule has 1 saturated heterocycles. The van der Waals surface area contributed by atoms with Crippen LogP contribution in [-0.4, -0.2) is 55.3 Å². The minimum Gasteiger partial charge on any atom is -0.489 e. The van der Waals surface area contributed by atoms with Crippen LogP contribution in [0.2, 0.25) is 0 Å². The lowest BCUT2D eigenvalue weighted by atomic mass is 10.0. The van der Waals surface area contributed by atoms with Gasteiger partial charge in [-0.1, -0.05) is 60.7 Å². The van der Waals surface area contributed by atoms with Crippen molar-refractivity contribution >= 4 is 17.6 Å². The third-order valence-electron chi connectivity index (χ3n) is 6.21. The molecule has 1 aliphatic rings. The topological polar surface area (TPSA) is 84.9 Å². The number of methoxy groups -OCH3 is 1. The molecule has 0 atom stereocenters. The van der Waals surface area contributed by atoms with Crippen LogP contribution in [0.15, 0.2) is 78.9 Å². The molecule has 0 saturated carbocycles. The van der Waals surface area contributed by atoms with Crippen LogP contribution >= 0.6 is 0 Å². The summed E-state index contributed by atoms with van der Waals surface area (Å²) in [5.41, 5.74) is 2.46. The fourth-order valence-corrected chi connectivity index (χ4v) is 4.28. The SMILES string of the molecule is COCc1ccccc1C(=O)N1CCC(Oc2ccccc2C(=O)NCC(=O)c2ccccc2)CC1. The first-order valence-electron chi connectivity index (χ1n) is 12.0. The number of hydrogen-bond acceptors (Lipinski definition) is 5. The molecule has 3 aromatic rings. The maximum Gasteiger partial charge on any atom is 0.255 e. The highest BCUT2D eigenvalue weighted by Gasteiger charge is 2.27. The summed E-state index contributed by atoms with van der Waals surface area (Å²) in [5.74, 6) is -0.0648. The zero-order chi connectivity index (χ0) is 25.3. The summed E-state index contributed by atoms with van der Waals surface area (Å²) in [5, 5.41) is 2.70. The minimum absolute atomic E-state index is 0.0102. The van der Waals surface area contributed by atoms with Crippen molar-refractivity contribution in [1.82, 2.24) is 10.2 Å². The first-order valence-corrected chi connectivity index (χ1v) is 12.0. The lowest BCUT2D eigenvalue weighted by molar-refractivity contribution is 0.0589. The first kappa shape index (κ1) is 25.1. The van der Waals surface area contributed by atoms with E-state index in [0.29, 0.717) is 55.0 Å². The number of ether oxygens (including phenoxy) is 2. The Labute approximate surface area is 211 Å². The van der Waals surface area contributed by atoms with Crippen molar-refractivity contribution in [2.75, 3.05) is 26.7 Å². The van der Waals surface area contributed by atoms with Gasteiger partial charge in [0, 0.05) is 44.2 Å². The third kappa shape index (κ3) is 6.17. The van der Waals surface area contributed by atoms with Gasteiger partial charge in [-0.15, -0.1) is 0 Å². The molecule has 1 fully saturated rings. The Morgan fingerprint density at radius 1 is 0.861 bits per heavy atom. The zero-order valence-corrected chi connectivity index (χ0v) is 20.3. The molecule has 4 rings (SSSR count). The van der Waals surface area contributed by atoms with E-state index in [1.807, 2.05) is 41.3 Å². The number of Topliss-reactive ketones (excluding diaryl/α,β-unsaturated/α-hetero) is 1. The third-order valence-corrected chi connectivity index (χ3v) is 6.21. The molecule has 0 bridgehead atoms. The van der Waals surface area contributed by atoms with E-state index in [1.54, 1.807) is 49.6 Å². The normalized spacial score (nSPS) is 13.8. The molecule has 0 radical (unpaired) electrons. The highest BCUT2D eigenvalue weighted by atomic mass is 16.5. The summed E-state index contributed by atoms with van der Waals surface area (Å²) in [6, 6.07) is 23.4. The number of ketones is 1. The standard InChI is InChI=1S/C29H30N2O5/c1-35-20-22-11-5-6-12-24(22)29(34)31-17-15-23(16-18-31)36-27-14-8-7-13-25(27)28(33)30-19-26(32)21-9-3-2-4-10-21/h2-14,23H,15-20H2,1H3,(H,30,33). The van der Waals surface area contributed by atoms with Gasteiger partial charge in [-0.25, -0.2) is 0 Å². The summed E-state index contributed by atoms with van der Waals surface area (Å²) in [7, 11) is 1.61.